The Kier molecular flexibility index (Phi) is 5.53. The predicted octanol–water partition coefficient (Wildman–Crippen LogP) is 1.29. The van der Waals surface area contributed by atoms with Crippen molar-refractivity contribution >= 4 is 23.6 Å². The lowest BCUT2D eigenvalue weighted by Gasteiger charge is -2.23. The molecule has 2 heterocycles. The first-order chi connectivity index (χ1) is 11.3. The van der Waals surface area contributed by atoms with Crippen molar-refractivity contribution in [3.63, 3.8) is 0 Å². The quantitative estimate of drug-likeness (QED) is 0.821. The molecule has 2 aliphatic rings. The van der Waals surface area contributed by atoms with E-state index in [1.165, 1.54) is 0 Å². The van der Waals surface area contributed by atoms with Gasteiger partial charge in [0.15, 0.2) is 0 Å². The molecule has 2 atom stereocenters. The molecule has 0 aromatic heterocycles. The summed E-state index contributed by atoms with van der Waals surface area (Å²) in [5, 5.41) is 0. The van der Waals surface area contributed by atoms with Crippen molar-refractivity contribution in [2.45, 2.75) is 12.5 Å². The predicted molar refractivity (Wildman–Crippen MR) is 86.7 cm³/mol. The van der Waals surface area contributed by atoms with E-state index in [0.717, 1.165) is 13.0 Å². The zero-order chi connectivity index (χ0) is 16.1. The molecule has 0 radical (unpaired) electrons. The van der Waals surface area contributed by atoms with Gasteiger partial charge in [-0.15, -0.1) is 11.8 Å². The molecule has 1 unspecified atom stereocenters. The number of ether oxygens (including phenoxy) is 1. The molecule has 0 bridgehead atoms. The molecule has 0 spiro atoms. The van der Waals surface area contributed by atoms with Crippen LogP contribution in [0.3, 0.4) is 0 Å². The molecule has 6 nitrogen and oxygen atoms in total. The molecule has 1 N–H and O–H groups in total. The highest BCUT2D eigenvalue weighted by molar-refractivity contribution is 7.99. The maximum absolute atomic E-state index is 12.5. The fraction of sp³-hybridized carbons (Fsp3) is 0.500. The number of nitrogens with one attached hydrogen (secondary N) is 1. The van der Waals surface area contributed by atoms with Crippen molar-refractivity contribution in [2.75, 3.05) is 31.5 Å². The molecular formula is C16H20N2O4S. The molecule has 1 aromatic rings. The number of carbonyl (C=O) groups excluding carboxylic acids is 2. The third-order valence-corrected chi connectivity index (χ3v) is 4.99. The molecule has 23 heavy (non-hydrogen) atoms. The monoisotopic (exact) mass is 336 g/mol. The summed E-state index contributed by atoms with van der Waals surface area (Å²) in [6.07, 6.45) is 0.952. The van der Waals surface area contributed by atoms with E-state index in [0.29, 0.717) is 36.3 Å². The Labute approximate surface area is 139 Å². The van der Waals surface area contributed by atoms with Crippen LogP contribution in [0.5, 0.6) is 0 Å². The van der Waals surface area contributed by atoms with Crippen LogP contribution in [0.25, 0.3) is 0 Å². The maximum atomic E-state index is 12.5. The Morgan fingerprint density at radius 2 is 2.17 bits per heavy atom. The standard InChI is InChI=1S/C16H20N2O4S/c19-15(17-22-9-12-6-7-21-8-12)14-10-23-11-18(14)16(20)13-4-2-1-3-5-13/h1-5,12,14H,6-11H2,(H,17,19)/t12?,14-/m1/s1. The highest BCUT2D eigenvalue weighted by atomic mass is 32.2. The lowest BCUT2D eigenvalue weighted by atomic mass is 10.1. The van der Waals surface area contributed by atoms with Gasteiger partial charge in [-0.1, -0.05) is 18.2 Å². The Balaban J connectivity index is 1.53. The summed E-state index contributed by atoms with van der Waals surface area (Å²) >= 11 is 1.57. The van der Waals surface area contributed by atoms with Crippen LogP contribution in [0.4, 0.5) is 0 Å². The van der Waals surface area contributed by atoms with E-state index in [1.807, 2.05) is 18.2 Å². The third kappa shape index (κ3) is 4.04. The molecule has 1 aromatic carbocycles. The van der Waals surface area contributed by atoms with Crippen LogP contribution in [0, 0.1) is 5.92 Å². The van der Waals surface area contributed by atoms with Crippen molar-refractivity contribution in [3.8, 4) is 0 Å². The molecular weight excluding hydrogens is 316 g/mol. The fourth-order valence-electron chi connectivity index (χ4n) is 2.62. The Bertz CT molecular complexity index is 548. The number of nitrogens with zero attached hydrogens (tertiary/aromatic N) is 1. The van der Waals surface area contributed by atoms with Gasteiger partial charge in [0.25, 0.3) is 11.8 Å². The minimum Gasteiger partial charge on any atom is -0.381 e. The number of thioether (sulfide) groups is 1. The summed E-state index contributed by atoms with van der Waals surface area (Å²) in [7, 11) is 0. The van der Waals surface area contributed by atoms with Gasteiger partial charge in [-0.3, -0.25) is 14.4 Å². The average Bonchev–Trinajstić information content (AvgIpc) is 3.26. The average molecular weight is 336 g/mol. The number of hydrogen-bond donors (Lipinski definition) is 1. The van der Waals surface area contributed by atoms with Crippen LogP contribution in [-0.2, 0) is 14.4 Å². The molecule has 0 aliphatic carbocycles. The summed E-state index contributed by atoms with van der Waals surface area (Å²) in [6, 6.07) is 8.53. The van der Waals surface area contributed by atoms with Crippen LogP contribution in [-0.4, -0.2) is 54.2 Å². The molecule has 3 rings (SSSR count). The van der Waals surface area contributed by atoms with Gasteiger partial charge in [0.2, 0.25) is 0 Å². The normalized spacial score (nSPS) is 23.9. The fourth-order valence-corrected chi connectivity index (χ4v) is 3.77. The lowest BCUT2D eigenvalue weighted by molar-refractivity contribution is -0.138. The van der Waals surface area contributed by atoms with E-state index < -0.39 is 6.04 Å². The van der Waals surface area contributed by atoms with Crippen molar-refractivity contribution in [1.29, 1.82) is 0 Å². The van der Waals surface area contributed by atoms with Crippen LogP contribution in [0.15, 0.2) is 30.3 Å². The highest BCUT2D eigenvalue weighted by Crippen LogP contribution is 2.23. The summed E-state index contributed by atoms with van der Waals surface area (Å²) in [5.41, 5.74) is 3.08. The first kappa shape index (κ1) is 16.3. The third-order valence-electron chi connectivity index (χ3n) is 3.98. The van der Waals surface area contributed by atoms with Crippen LogP contribution < -0.4 is 5.48 Å². The largest absolute Gasteiger partial charge is 0.381 e. The Morgan fingerprint density at radius 1 is 1.35 bits per heavy atom. The maximum Gasteiger partial charge on any atom is 0.267 e. The van der Waals surface area contributed by atoms with Gasteiger partial charge in [0.05, 0.1) is 19.1 Å². The summed E-state index contributed by atoms with van der Waals surface area (Å²) in [4.78, 5) is 31.7. The number of rotatable bonds is 5. The summed E-state index contributed by atoms with van der Waals surface area (Å²) < 4.78 is 5.26. The Hall–Kier alpha value is -1.57. The first-order valence-electron chi connectivity index (χ1n) is 7.69. The van der Waals surface area contributed by atoms with Crippen LogP contribution >= 0.6 is 11.8 Å². The van der Waals surface area contributed by atoms with E-state index in [-0.39, 0.29) is 11.8 Å². The number of carbonyl (C=O) groups is 2. The van der Waals surface area contributed by atoms with Crippen molar-refractivity contribution in [3.05, 3.63) is 35.9 Å². The zero-order valence-corrected chi connectivity index (χ0v) is 13.6. The van der Waals surface area contributed by atoms with Crippen LogP contribution in [0.2, 0.25) is 0 Å². The second-order valence-electron chi connectivity index (χ2n) is 5.66. The topological polar surface area (TPSA) is 67.9 Å². The van der Waals surface area contributed by atoms with Crippen molar-refractivity contribution < 1.29 is 19.2 Å². The number of hydroxylamine groups is 1. The molecule has 2 amide bonds. The van der Waals surface area contributed by atoms with Gasteiger partial charge < -0.3 is 9.64 Å². The molecule has 0 saturated carbocycles. The van der Waals surface area contributed by atoms with Gasteiger partial charge in [-0.05, 0) is 18.6 Å². The molecule has 124 valence electrons. The van der Waals surface area contributed by atoms with Gasteiger partial charge in [0.1, 0.15) is 6.04 Å². The van der Waals surface area contributed by atoms with E-state index in [2.05, 4.69) is 5.48 Å². The van der Waals surface area contributed by atoms with Gasteiger partial charge in [-0.25, -0.2) is 5.48 Å². The summed E-state index contributed by atoms with van der Waals surface area (Å²) in [6.45, 7) is 1.87. The summed E-state index contributed by atoms with van der Waals surface area (Å²) in [5.74, 6) is 1.04. The second kappa shape index (κ2) is 7.81. The van der Waals surface area contributed by atoms with E-state index in [4.69, 9.17) is 9.57 Å². The molecule has 2 saturated heterocycles. The molecule has 2 fully saturated rings. The number of amides is 2. The second-order valence-corrected chi connectivity index (χ2v) is 6.66. The van der Waals surface area contributed by atoms with Gasteiger partial charge in [-0.2, -0.15) is 0 Å². The molecule has 7 heteroatoms. The zero-order valence-electron chi connectivity index (χ0n) is 12.8. The number of benzene rings is 1. The minimum absolute atomic E-state index is 0.125. The van der Waals surface area contributed by atoms with Crippen LogP contribution in [0.1, 0.15) is 16.8 Å². The van der Waals surface area contributed by atoms with Crippen molar-refractivity contribution in [2.24, 2.45) is 5.92 Å². The van der Waals surface area contributed by atoms with E-state index in [1.54, 1.807) is 28.8 Å². The van der Waals surface area contributed by atoms with Gasteiger partial charge >= 0.3 is 0 Å². The minimum atomic E-state index is -0.493. The Morgan fingerprint density at radius 3 is 2.91 bits per heavy atom. The van der Waals surface area contributed by atoms with Gasteiger partial charge in [0, 0.05) is 23.8 Å². The number of hydrogen-bond acceptors (Lipinski definition) is 5. The molecule has 2 aliphatic heterocycles. The smallest absolute Gasteiger partial charge is 0.267 e. The first-order valence-corrected chi connectivity index (χ1v) is 8.84. The van der Waals surface area contributed by atoms with E-state index >= 15 is 0 Å². The highest BCUT2D eigenvalue weighted by Gasteiger charge is 2.35. The lowest BCUT2D eigenvalue weighted by Crippen LogP contribution is -2.47. The van der Waals surface area contributed by atoms with E-state index in [9.17, 15) is 9.59 Å². The van der Waals surface area contributed by atoms with Crippen molar-refractivity contribution in [1.82, 2.24) is 10.4 Å². The SMILES string of the molecule is O=C(NOCC1CCOC1)[C@H]1CSCN1C(=O)c1ccccc1.